The van der Waals surface area contributed by atoms with E-state index in [1.165, 1.54) is 18.2 Å². The van der Waals surface area contributed by atoms with Gasteiger partial charge in [-0.2, -0.15) is 8.42 Å². The number of nitrogen functional groups attached to an aromatic ring is 1. The molecule has 1 aliphatic rings. The number of aromatic nitrogens is 3. The minimum atomic E-state index is -4.23. The van der Waals surface area contributed by atoms with Crippen LogP contribution in [0.15, 0.2) is 53.7 Å². The van der Waals surface area contributed by atoms with Crippen LogP contribution in [0.1, 0.15) is 44.5 Å². The Morgan fingerprint density at radius 2 is 1.92 bits per heavy atom. The molecule has 0 spiro atoms. The van der Waals surface area contributed by atoms with Crippen molar-refractivity contribution in [1.29, 1.82) is 0 Å². The predicted octanol–water partition coefficient (Wildman–Crippen LogP) is 3.26. The van der Waals surface area contributed by atoms with Crippen LogP contribution in [-0.2, 0) is 10.0 Å². The predicted molar refractivity (Wildman–Crippen MR) is 137 cm³/mol. The van der Waals surface area contributed by atoms with E-state index < -0.39 is 15.9 Å². The fourth-order valence-electron chi connectivity index (χ4n) is 4.05. The average molecular weight is 511 g/mol. The molecule has 190 valence electrons. The standard InChI is InChI=1S/C25H30N6O4S/c1-15(2)35-22-11-8-18(14-27-22)20-10-9-19(24(28-20)31-13-12-16(3)17(31)4)25(32)30-36(33,34)23-7-5-6-21(26)29-23/h5-11,14-17H,12-13H2,1-4H3,(H2,26,29)(H,30,32). The number of sulfonamides is 1. The second-order valence-electron chi connectivity index (χ2n) is 9.15. The Morgan fingerprint density at radius 1 is 1.14 bits per heavy atom. The molecule has 3 aromatic rings. The van der Waals surface area contributed by atoms with E-state index in [4.69, 9.17) is 15.5 Å². The number of carbonyl (C=O) groups is 1. The van der Waals surface area contributed by atoms with Gasteiger partial charge in [-0.05, 0) is 63.4 Å². The molecule has 36 heavy (non-hydrogen) atoms. The molecule has 1 amide bonds. The van der Waals surface area contributed by atoms with Crippen molar-refractivity contribution < 1.29 is 17.9 Å². The van der Waals surface area contributed by atoms with Gasteiger partial charge in [-0.25, -0.2) is 19.7 Å². The zero-order chi connectivity index (χ0) is 26.0. The highest BCUT2D eigenvalue weighted by atomic mass is 32.2. The lowest BCUT2D eigenvalue weighted by molar-refractivity contribution is 0.0981. The van der Waals surface area contributed by atoms with Gasteiger partial charge in [-0.3, -0.25) is 4.79 Å². The molecular formula is C25H30N6O4S. The number of hydrogen-bond acceptors (Lipinski definition) is 9. The van der Waals surface area contributed by atoms with Gasteiger partial charge in [0.1, 0.15) is 11.6 Å². The van der Waals surface area contributed by atoms with Gasteiger partial charge in [0.25, 0.3) is 15.9 Å². The van der Waals surface area contributed by atoms with E-state index in [1.807, 2.05) is 24.8 Å². The van der Waals surface area contributed by atoms with Crippen molar-refractivity contribution in [3.63, 3.8) is 0 Å². The topological polar surface area (TPSA) is 140 Å². The third-order valence-electron chi connectivity index (χ3n) is 6.17. The van der Waals surface area contributed by atoms with Crippen molar-refractivity contribution in [3.8, 4) is 17.1 Å². The van der Waals surface area contributed by atoms with Gasteiger partial charge in [0.15, 0.2) is 5.03 Å². The highest BCUT2D eigenvalue weighted by molar-refractivity contribution is 7.90. The number of nitrogens with two attached hydrogens (primary N) is 1. The molecule has 4 heterocycles. The average Bonchev–Trinajstić information content (AvgIpc) is 3.16. The quantitative estimate of drug-likeness (QED) is 0.490. The van der Waals surface area contributed by atoms with Crippen LogP contribution in [0.2, 0.25) is 0 Å². The largest absolute Gasteiger partial charge is 0.475 e. The lowest BCUT2D eigenvalue weighted by Crippen LogP contribution is -2.35. The number of carbonyl (C=O) groups excluding carboxylic acids is 1. The molecule has 11 heteroatoms. The molecule has 0 aromatic carbocycles. The van der Waals surface area contributed by atoms with Crippen LogP contribution in [0.3, 0.4) is 0 Å². The molecule has 3 N–H and O–H groups in total. The summed E-state index contributed by atoms with van der Waals surface area (Å²) in [6, 6.07) is 11.2. The molecule has 10 nitrogen and oxygen atoms in total. The highest BCUT2D eigenvalue weighted by Gasteiger charge is 2.32. The minimum absolute atomic E-state index is 0.00308. The zero-order valence-electron chi connectivity index (χ0n) is 20.7. The van der Waals surface area contributed by atoms with Crippen molar-refractivity contribution in [3.05, 3.63) is 54.2 Å². The molecule has 4 rings (SSSR count). The smallest absolute Gasteiger partial charge is 0.281 e. The Balaban J connectivity index is 1.70. The fourth-order valence-corrected chi connectivity index (χ4v) is 4.99. The number of ether oxygens (including phenoxy) is 1. The summed E-state index contributed by atoms with van der Waals surface area (Å²) in [5.41, 5.74) is 7.13. The SMILES string of the molecule is CC(C)Oc1ccc(-c2ccc(C(=O)NS(=O)(=O)c3cccc(N)n3)c(N3CCC(C)C3C)n2)cn1. The Kier molecular flexibility index (Phi) is 7.11. The molecule has 3 aromatic heterocycles. The molecule has 0 bridgehead atoms. The summed E-state index contributed by atoms with van der Waals surface area (Å²) in [5.74, 6) is 0.558. The maximum Gasteiger partial charge on any atom is 0.281 e. The maximum absolute atomic E-state index is 13.2. The van der Waals surface area contributed by atoms with Crippen LogP contribution in [0, 0.1) is 5.92 Å². The molecule has 1 aliphatic heterocycles. The number of hydrogen-bond donors (Lipinski definition) is 2. The van der Waals surface area contributed by atoms with E-state index in [2.05, 4.69) is 28.5 Å². The second-order valence-corrected chi connectivity index (χ2v) is 10.8. The van der Waals surface area contributed by atoms with Gasteiger partial charge < -0.3 is 15.4 Å². The lowest BCUT2D eigenvalue weighted by Gasteiger charge is -2.27. The number of rotatable bonds is 7. The number of nitrogens with zero attached hydrogens (tertiary/aromatic N) is 4. The first-order valence-electron chi connectivity index (χ1n) is 11.8. The molecule has 1 fully saturated rings. The van der Waals surface area contributed by atoms with Gasteiger partial charge >= 0.3 is 0 Å². The third-order valence-corrected chi connectivity index (χ3v) is 7.40. The fraction of sp³-hybridized carbons (Fsp3) is 0.360. The first-order valence-corrected chi connectivity index (χ1v) is 13.2. The van der Waals surface area contributed by atoms with Crippen molar-refractivity contribution in [2.45, 2.75) is 51.3 Å². The summed E-state index contributed by atoms with van der Waals surface area (Å²) in [6.45, 7) is 8.76. The molecule has 0 aliphatic carbocycles. The summed E-state index contributed by atoms with van der Waals surface area (Å²) < 4.78 is 33.3. The molecule has 0 radical (unpaired) electrons. The van der Waals surface area contributed by atoms with E-state index in [-0.39, 0.29) is 28.6 Å². The minimum Gasteiger partial charge on any atom is -0.475 e. The van der Waals surface area contributed by atoms with Gasteiger partial charge in [0, 0.05) is 30.4 Å². The van der Waals surface area contributed by atoms with E-state index in [9.17, 15) is 13.2 Å². The Bertz CT molecular complexity index is 1360. The van der Waals surface area contributed by atoms with Gasteiger partial charge in [-0.15, -0.1) is 0 Å². The molecule has 2 atom stereocenters. The van der Waals surface area contributed by atoms with Crippen molar-refractivity contribution in [2.24, 2.45) is 5.92 Å². The Labute approximate surface area is 211 Å². The number of amides is 1. The van der Waals surface area contributed by atoms with Crippen LogP contribution >= 0.6 is 0 Å². The van der Waals surface area contributed by atoms with Crippen molar-refractivity contribution in [1.82, 2.24) is 19.7 Å². The van der Waals surface area contributed by atoms with Crippen molar-refractivity contribution in [2.75, 3.05) is 17.2 Å². The van der Waals surface area contributed by atoms with Crippen LogP contribution < -0.4 is 20.1 Å². The molecule has 2 unspecified atom stereocenters. The summed E-state index contributed by atoms with van der Waals surface area (Å²) in [5, 5.41) is -0.333. The first-order chi connectivity index (χ1) is 17.0. The van der Waals surface area contributed by atoms with E-state index in [1.54, 1.807) is 24.4 Å². The Hall–Kier alpha value is -3.73. The molecule has 0 saturated carbocycles. The highest BCUT2D eigenvalue weighted by Crippen LogP contribution is 2.32. The number of pyridine rings is 3. The van der Waals surface area contributed by atoms with E-state index in [0.717, 1.165) is 12.0 Å². The second kappa shape index (κ2) is 10.1. The summed E-state index contributed by atoms with van der Waals surface area (Å²) in [6.07, 6.45) is 2.60. The normalized spacial score (nSPS) is 17.9. The number of nitrogens with one attached hydrogen (secondary N) is 1. The third kappa shape index (κ3) is 5.40. The van der Waals surface area contributed by atoms with Gasteiger partial charge in [0.05, 0.1) is 17.4 Å². The van der Waals surface area contributed by atoms with Crippen molar-refractivity contribution >= 4 is 27.6 Å². The van der Waals surface area contributed by atoms with Crippen LogP contribution in [0.25, 0.3) is 11.3 Å². The molecule has 1 saturated heterocycles. The van der Waals surface area contributed by atoms with Crippen LogP contribution in [-0.4, -0.2) is 48.0 Å². The van der Waals surface area contributed by atoms with Crippen LogP contribution in [0.5, 0.6) is 5.88 Å². The monoisotopic (exact) mass is 510 g/mol. The first kappa shape index (κ1) is 25.4. The summed E-state index contributed by atoms with van der Waals surface area (Å²) >= 11 is 0. The Morgan fingerprint density at radius 3 is 2.53 bits per heavy atom. The maximum atomic E-state index is 13.2. The summed E-state index contributed by atoms with van der Waals surface area (Å²) in [7, 11) is -4.23. The number of anilines is 2. The summed E-state index contributed by atoms with van der Waals surface area (Å²) in [4.78, 5) is 28.2. The molecular weight excluding hydrogens is 480 g/mol. The van der Waals surface area contributed by atoms with E-state index >= 15 is 0 Å². The van der Waals surface area contributed by atoms with E-state index in [0.29, 0.717) is 29.9 Å². The van der Waals surface area contributed by atoms with Gasteiger partial charge in [0.2, 0.25) is 5.88 Å². The lowest BCUT2D eigenvalue weighted by atomic mass is 10.0. The van der Waals surface area contributed by atoms with Crippen LogP contribution in [0.4, 0.5) is 11.6 Å². The zero-order valence-corrected chi connectivity index (χ0v) is 21.5. The van der Waals surface area contributed by atoms with Gasteiger partial charge in [-0.1, -0.05) is 13.0 Å².